The SMILES string of the molecule is C[C-](C)C.[CH2-]C1C(C)=C(C)C(C)=C1C.[Y+3]. The molecule has 0 aliphatic heterocycles. The molecule has 1 heteroatoms. The summed E-state index contributed by atoms with van der Waals surface area (Å²) in [4.78, 5) is 0. The molecule has 0 atom stereocenters. The molecule has 0 saturated heterocycles. The summed E-state index contributed by atoms with van der Waals surface area (Å²) in [5.41, 5.74) is 5.76. The number of hydrogen-bond donors (Lipinski definition) is 0. The van der Waals surface area contributed by atoms with Crippen molar-refractivity contribution in [3.63, 3.8) is 0 Å². The summed E-state index contributed by atoms with van der Waals surface area (Å²) in [5, 5.41) is 0. The van der Waals surface area contributed by atoms with Gasteiger partial charge in [-0.05, 0) is 27.7 Å². The van der Waals surface area contributed by atoms with Crippen LogP contribution in [-0.2, 0) is 32.7 Å². The van der Waals surface area contributed by atoms with Gasteiger partial charge in [0.1, 0.15) is 0 Å². The molecule has 0 heterocycles. The van der Waals surface area contributed by atoms with Gasteiger partial charge in [0.15, 0.2) is 0 Å². The quantitative estimate of drug-likeness (QED) is 0.562. The zero-order valence-electron chi connectivity index (χ0n) is 11.4. The maximum absolute atomic E-state index is 4.08. The summed E-state index contributed by atoms with van der Waals surface area (Å²) >= 11 is 0. The van der Waals surface area contributed by atoms with Crippen molar-refractivity contribution < 1.29 is 32.7 Å². The van der Waals surface area contributed by atoms with Crippen molar-refractivity contribution in [2.75, 3.05) is 0 Å². The summed E-state index contributed by atoms with van der Waals surface area (Å²) in [5.74, 6) is 1.86. The Morgan fingerprint density at radius 1 is 0.867 bits per heavy atom. The van der Waals surface area contributed by atoms with Gasteiger partial charge in [0, 0.05) is 0 Å². The molecular weight excluding hydrogens is 257 g/mol. The van der Waals surface area contributed by atoms with Gasteiger partial charge in [-0.25, -0.2) is 0 Å². The number of hydrogen-bond acceptors (Lipinski definition) is 0. The van der Waals surface area contributed by atoms with E-state index in [0.717, 1.165) is 0 Å². The summed E-state index contributed by atoms with van der Waals surface area (Å²) in [6, 6.07) is 0. The molecule has 0 aromatic rings. The van der Waals surface area contributed by atoms with Crippen molar-refractivity contribution in [1.29, 1.82) is 0 Å². The van der Waals surface area contributed by atoms with Crippen LogP contribution in [0.2, 0.25) is 0 Å². The summed E-state index contributed by atoms with van der Waals surface area (Å²) in [7, 11) is 0. The molecule has 0 unspecified atom stereocenters. The second-order valence-electron chi connectivity index (χ2n) is 4.67. The van der Waals surface area contributed by atoms with Crippen LogP contribution in [0.3, 0.4) is 0 Å². The molecule has 15 heavy (non-hydrogen) atoms. The van der Waals surface area contributed by atoms with Gasteiger partial charge in [-0.3, -0.25) is 0 Å². The standard InChI is InChI=1S/C10H15.C4H9.Y/c1-6-7(2)9(4)10(5)8(6)3;1-4(2)3;/h6H,1H2,2-5H3;1-3H3;/q2*-1;+3. The third kappa shape index (κ3) is 5.45. The molecule has 1 rings (SSSR count). The zero-order valence-corrected chi connectivity index (χ0v) is 14.2. The van der Waals surface area contributed by atoms with Crippen LogP contribution in [0.5, 0.6) is 0 Å². The van der Waals surface area contributed by atoms with Crippen LogP contribution in [0.15, 0.2) is 22.3 Å². The maximum atomic E-state index is 4.08. The van der Waals surface area contributed by atoms with E-state index in [-0.39, 0.29) is 32.7 Å². The molecule has 82 valence electrons. The minimum Gasteiger partial charge on any atom is -0.332 e. The molecule has 0 nitrogen and oxygen atoms in total. The van der Waals surface area contributed by atoms with Crippen LogP contribution in [0, 0.1) is 18.8 Å². The van der Waals surface area contributed by atoms with E-state index in [1.165, 1.54) is 28.2 Å². The van der Waals surface area contributed by atoms with Gasteiger partial charge in [-0.15, -0.1) is 5.92 Å². The Morgan fingerprint density at radius 3 is 1.13 bits per heavy atom. The van der Waals surface area contributed by atoms with Crippen LogP contribution in [0.4, 0.5) is 0 Å². The van der Waals surface area contributed by atoms with Gasteiger partial charge in [0.2, 0.25) is 0 Å². The van der Waals surface area contributed by atoms with Crippen LogP contribution in [0.1, 0.15) is 48.5 Å². The van der Waals surface area contributed by atoms with E-state index < -0.39 is 0 Å². The van der Waals surface area contributed by atoms with Crippen LogP contribution >= 0.6 is 0 Å². The minimum absolute atomic E-state index is 0. The van der Waals surface area contributed by atoms with Gasteiger partial charge in [0.05, 0.1) is 0 Å². The Balaban J connectivity index is 0. The fraction of sp³-hybridized carbons (Fsp3) is 0.571. The second-order valence-corrected chi connectivity index (χ2v) is 4.67. The van der Waals surface area contributed by atoms with E-state index in [4.69, 9.17) is 0 Å². The van der Waals surface area contributed by atoms with Crippen molar-refractivity contribution in [3.8, 4) is 0 Å². The molecule has 1 aliphatic rings. The molecule has 0 radical (unpaired) electrons. The average molecular weight is 281 g/mol. The minimum atomic E-state index is 0. The monoisotopic (exact) mass is 281 g/mol. The van der Waals surface area contributed by atoms with E-state index in [9.17, 15) is 0 Å². The molecule has 1 aliphatic carbocycles. The normalized spacial score (nSPS) is 16.6. The van der Waals surface area contributed by atoms with E-state index >= 15 is 0 Å². The van der Waals surface area contributed by atoms with Gasteiger partial charge in [0.25, 0.3) is 0 Å². The fourth-order valence-corrected chi connectivity index (χ4v) is 1.44. The molecule has 0 amide bonds. The summed E-state index contributed by atoms with van der Waals surface area (Å²) in [6.07, 6.45) is 0. The molecule has 0 spiro atoms. The van der Waals surface area contributed by atoms with Gasteiger partial charge >= 0.3 is 32.7 Å². The van der Waals surface area contributed by atoms with Crippen molar-refractivity contribution >= 4 is 0 Å². The van der Waals surface area contributed by atoms with E-state index in [0.29, 0.717) is 5.92 Å². The first kappa shape index (κ1) is 18.0. The Kier molecular flexibility index (Phi) is 9.33. The second kappa shape index (κ2) is 7.79. The molecule has 0 aromatic heterocycles. The van der Waals surface area contributed by atoms with E-state index in [1.807, 2.05) is 0 Å². The van der Waals surface area contributed by atoms with Crippen molar-refractivity contribution in [2.24, 2.45) is 5.92 Å². The Bertz CT molecular complexity index is 230. The molecule has 0 bridgehead atoms. The predicted molar refractivity (Wildman–Crippen MR) is 65.9 cm³/mol. The molecule has 0 saturated carbocycles. The van der Waals surface area contributed by atoms with Crippen molar-refractivity contribution in [1.82, 2.24) is 0 Å². The summed E-state index contributed by atoms with van der Waals surface area (Å²) < 4.78 is 0. The van der Waals surface area contributed by atoms with E-state index in [2.05, 4.69) is 55.4 Å². The van der Waals surface area contributed by atoms with Crippen molar-refractivity contribution in [2.45, 2.75) is 48.5 Å². The molecule has 0 aromatic carbocycles. The van der Waals surface area contributed by atoms with Crippen LogP contribution in [0.25, 0.3) is 0 Å². The third-order valence-corrected chi connectivity index (χ3v) is 2.79. The van der Waals surface area contributed by atoms with Gasteiger partial charge in [-0.1, -0.05) is 22.3 Å². The predicted octanol–water partition coefficient (Wildman–Crippen LogP) is 4.74. The first-order chi connectivity index (χ1) is 6.29. The van der Waals surface area contributed by atoms with Crippen LogP contribution in [-0.4, -0.2) is 0 Å². The Morgan fingerprint density at radius 2 is 1.07 bits per heavy atom. The Hall–Kier alpha value is 0.584. The molecule has 0 fully saturated rings. The first-order valence-electron chi connectivity index (χ1n) is 5.24. The zero-order chi connectivity index (χ0) is 11.5. The first-order valence-corrected chi connectivity index (χ1v) is 5.24. The summed E-state index contributed by atoms with van der Waals surface area (Å²) in [6.45, 7) is 19.0. The number of rotatable bonds is 0. The van der Waals surface area contributed by atoms with Crippen molar-refractivity contribution in [3.05, 3.63) is 35.1 Å². The van der Waals surface area contributed by atoms with E-state index in [1.54, 1.807) is 0 Å². The largest absolute Gasteiger partial charge is 3.00 e. The fourth-order valence-electron chi connectivity index (χ4n) is 1.44. The molecular formula is C14H24Y+. The van der Waals surface area contributed by atoms with Gasteiger partial charge < -0.3 is 12.8 Å². The maximum Gasteiger partial charge on any atom is 3.00 e. The Labute approximate surface area is 121 Å². The van der Waals surface area contributed by atoms with Crippen LogP contribution < -0.4 is 0 Å². The average Bonchev–Trinajstić information content (AvgIpc) is 2.23. The topological polar surface area (TPSA) is 0 Å². The molecule has 0 N–H and O–H groups in total. The number of allylic oxidation sites excluding steroid dienone is 4. The smallest absolute Gasteiger partial charge is 0.332 e. The van der Waals surface area contributed by atoms with Gasteiger partial charge in [-0.2, -0.15) is 20.8 Å². The third-order valence-electron chi connectivity index (χ3n) is 2.79.